The summed E-state index contributed by atoms with van der Waals surface area (Å²) in [6, 6.07) is 13.5. The van der Waals surface area contributed by atoms with Crippen LogP contribution in [0.3, 0.4) is 0 Å². The van der Waals surface area contributed by atoms with Crippen LogP contribution in [0.5, 0.6) is 0 Å². The summed E-state index contributed by atoms with van der Waals surface area (Å²) >= 11 is 1.26. The van der Waals surface area contributed by atoms with E-state index >= 15 is 0 Å². The summed E-state index contributed by atoms with van der Waals surface area (Å²) in [5, 5.41) is 3.66. The molecule has 2 atom stereocenters. The van der Waals surface area contributed by atoms with Gasteiger partial charge in [0.05, 0.1) is 28.9 Å². The molecule has 32 heavy (non-hydrogen) atoms. The van der Waals surface area contributed by atoms with E-state index in [1.165, 1.54) is 24.2 Å². The normalized spacial score (nSPS) is 19.2. The summed E-state index contributed by atoms with van der Waals surface area (Å²) in [7, 11) is 0. The highest BCUT2D eigenvalue weighted by Crippen LogP contribution is 2.33. The number of hydrogen-bond donors (Lipinski definition) is 1. The van der Waals surface area contributed by atoms with Crippen LogP contribution in [0.1, 0.15) is 43.7 Å². The van der Waals surface area contributed by atoms with Gasteiger partial charge in [-0.3, -0.25) is 4.79 Å². The molecule has 0 radical (unpaired) electrons. The molecule has 4 nitrogen and oxygen atoms in total. The van der Waals surface area contributed by atoms with Gasteiger partial charge in [-0.2, -0.15) is 13.2 Å². The van der Waals surface area contributed by atoms with Crippen LogP contribution in [0.15, 0.2) is 53.7 Å². The maximum atomic E-state index is 13.2. The summed E-state index contributed by atoms with van der Waals surface area (Å²) in [4.78, 5) is 17.0. The van der Waals surface area contributed by atoms with Crippen LogP contribution in [0, 0.1) is 5.92 Å². The molecule has 1 heterocycles. The van der Waals surface area contributed by atoms with Gasteiger partial charge in [0.15, 0.2) is 5.16 Å². The Kier molecular flexibility index (Phi) is 6.79. The van der Waals surface area contributed by atoms with Crippen molar-refractivity contribution >= 4 is 28.7 Å². The fourth-order valence-electron chi connectivity index (χ4n) is 4.22. The van der Waals surface area contributed by atoms with Crippen LogP contribution in [0.25, 0.3) is 11.0 Å². The molecule has 170 valence electrons. The third-order valence-electron chi connectivity index (χ3n) is 6.01. The van der Waals surface area contributed by atoms with Crippen LogP contribution in [-0.2, 0) is 17.5 Å². The van der Waals surface area contributed by atoms with Crippen LogP contribution in [-0.4, -0.2) is 27.3 Å². The van der Waals surface area contributed by atoms with E-state index in [4.69, 9.17) is 0 Å². The quantitative estimate of drug-likeness (QED) is 0.466. The minimum Gasteiger partial charge on any atom is -0.352 e. The third kappa shape index (κ3) is 5.28. The molecule has 1 fully saturated rings. The van der Waals surface area contributed by atoms with Crippen molar-refractivity contribution in [3.63, 3.8) is 0 Å². The Morgan fingerprint density at radius 2 is 1.91 bits per heavy atom. The van der Waals surface area contributed by atoms with Crippen molar-refractivity contribution in [1.29, 1.82) is 0 Å². The third-order valence-corrected chi connectivity index (χ3v) is 6.99. The molecule has 2 aromatic carbocycles. The largest absolute Gasteiger partial charge is 0.416 e. The van der Waals surface area contributed by atoms with Crippen molar-refractivity contribution in [3.8, 4) is 0 Å². The molecule has 2 unspecified atom stereocenters. The summed E-state index contributed by atoms with van der Waals surface area (Å²) in [5.74, 6) is 0.567. The zero-order chi connectivity index (χ0) is 22.7. The predicted molar refractivity (Wildman–Crippen MR) is 121 cm³/mol. The number of thioether (sulfide) groups is 1. The van der Waals surface area contributed by atoms with E-state index in [0.29, 0.717) is 23.1 Å². The molecule has 1 saturated carbocycles. The zero-order valence-corrected chi connectivity index (χ0v) is 18.7. The summed E-state index contributed by atoms with van der Waals surface area (Å²) in [6.07, 6.45) is 0.000640. The Hall–Kier alpha value is -2.48. The van der Waals surface area contributed by atoms with Gasteiger partial charge in [-0.1, -0.05) is 61.9 Å². The van der Waals surface area contributed by atoms with Gasteiger partial charge < -0.3 is 9.88 Å². The van der Waals surface area contributed by atoms with Crippen molar-refractivity contribution in [3.05, 3.63) is 59.7 Å². The smallest absolute Gasteiger partial charge is 0.352 e. The first kappa shape index (κ1) is 22.7. The molecule has 0 saturated heterocycles. The predicted octanol–water partition coefficient (Wildman–Crippen LogP) is 5.89. The van der Waals surface area contributed by atoms with Crippen LogP contribution in [0.2, 0.25) is 0 Å². The maximum absolute atomic E-state index is 13.2. The summed E-state index contributed by atoms with van der Waals surface area (Å²) < 4.78 is 41.4. The SMILES string of the molecule is CC1CCCCC1NC(=O)CSc1nc2cc(C(F)(F)F)ccc2n1Cc1ccccc1. The molecular weight excluding hydrogens is 435 g/mol. The van der Waals surface area contributed by atoms with E-state index in [0.717, 1.165) is 37.0 Å². The Bertz CT molecular complexity index is 1080. The van der Waals surface area contributed by atoms with Crippen LogP contribution in [0.4, 0.5) is 13.2 Å². The lowest BCUT2D eigenvalue weighted by Gasteiger charge is -2.29. The molecule has 0 bridgehead atoms. The van der Waals surface area contributed by atoms with Crippen molar-refractivity contribution in [1.82, 2.24) is 14.9 Å². The standard InChI is InChI=1S/C24H26F3N3OS/c1-16-7-5-6-10-19(16)28-22(31)15-32-23-29-20-13-18(24(25,26)27)11-12-21(20)30(23)14-17-8-3-2-4-9-17/h2-4,8-9,11-13,16,19H,5-7,10,14-15H2,1H3,(H,28,31). The van der Waals surface area contributed by atoms with E-state index in [9.17, 15) is 18.0 Å². The lowest BCUT2D eigenvalue weighted by Crippen LogP contribution is -2.41. The van der Waals surface area contributed by atoms with Crippen molar-refractivity contribution in [2.75, 3.05) is 5.75 Å². The minimum absolute atomic E-state index is 0.0666. The Morgan fingerprint density at radius 3 is 2.62 bits per heavy atom. The number of benzene rings is 2. The van der Waals surface area contributed by atoms with E-state index in [-0.39, 0.29) is 23.2 Å². The van der Waals surface area contributed by atoms with Gasteiger partial charge in [-0.05, 0) is 42.5 Å². The number of aromatic nitrogens is 2. The number of hydrogen-bond acceptors (Lipinski definition) is 3. The van der Waals surface area contributed by atoms with Crippen molar-refractivity contribution in [2.45, 2.75) is 56.5 Å². The monoisotopic (exact) mass is 461 g/mol. The Balaban J connectivity index is 1.57. The number of carbonyl (C=O) groups excluding carboxylic acids is 1. The number of alkyl halides is 3. The number of fused-ring (bicyclic) bond motifs is 1. The Morgan fingerprint density at radius 1 is 1.16 bits per heavy atom. The van der Waals surface area contributed by atoms with Crippen LogP contribution >= 0.6 is 11.8 Å². The maximum Gasteiger partial charge on any atom is 0.416 e. The van der Waals surface area contributed by atoms with Gasteiger partial charge in [-0.15, -0.1) is 0 Å². The molecule has 1 aliphatic carbocycles. The second-order valence-electron chi connectivity index (χ2n) is 8.39. The fraction of sp³-hybridized carbons (Fsp3) is 0.417. The summed E-state index contributed by atoms with van der Waals surface area (Å²) in [6.45, 7) is 2.63. The highest BCUT2D eigenvalue weighted by atomic mass is 32.2. The van der Waals surface area contributed by atoms with Gasteiger partial charge in [-0.25, -0.2) is 4.98 Å². The molecule has 8 heteroatoms. The lowest BCUT2D eigenvalue weighted by molar-refractivity contribution is -0.137. The number of carbonyl (C=O) groups is 1. The molecular formula is C24H26F3N3OS. The molecule has 0 spiro atoms. The first-order chi connectivity index (χ1) is 15.3. The van der Waals surface area contributed by atoms with E-state index in [2.05, 4.69) is 17.2 Å². The van der Waals surface area contributed by atoms with E-state index < -0.39 is 11.7 Å². The molecule has 3 aromatic rings. The van der Waals surface area contributed by atoms with Gasteiger partial charge in [0, 0.05) is 6.04 Å². The first-order valence-electron chi connectivity index (χ1n) is 10.8. The zero-order valence-electron chi connectivity index (χ0n) is 17.9. The van der Waals surface area contributed by atoms with Crippen molar-refractivity contribution < 1.29 is 18.0 Å². The molecule has 4 rings (SSSR count). The van der Waals surface area contributed by atoms with Gasteiger partial charge in [0.2, 0.25) is 5.91 Å². The highest BCUT2D eigenvalue weighted by molar-refractivity contribution is 7.99. The number of imidazole rings is 1. The number of rotatable bonds is 6. The molecule has 1 aliphatic rings. The molecule has 0 aliphatic heterocycles. The molecule has 1 amide bonds. The average molecular weight is 462 g/mol. The average Bonchev–Trinajstić information content (AvgIpc) is 3.11. The van der Waals surface area contributed by atoms with Crippen molar-refractivity contribution in [2.24, 2.45) is 5.92 Å². The van der Waals surface area contributed by atoms with Gasteiger partial charge in [0.1, 0.15) is 0 Å². The number of nitrogens with one attached hydrogen (secondary N) is 1. The first-order valence-corrected chi connectivity index (χ1v) is 11.8. The molecule has 1 aromatic heterocycles. The second-order valence-corrected chi connectivity index (χ2v) is 9.33. The van der Waals surface area contributed by atoms with Gasteiger partial charge >= 0.3 is 6.18 Å². The molecule has 1 N–H and O–H groups in total. The number of nitrogens with zero attached hydrogens (tertiary/aromatic N) is 2. The second kappa shape index (κ2) is 9.57. The Labute approximate surface area is 189 Å². The van der Waals surface area contributed by atoms with Crippen LogP contribution < -0.4 is 5.32 Å². The highest BCUT2D eigenvalue weighted by Gasteiger charge is 2.31. The fourth-order valence-corrected chi connectivity index (χ4v) is 5.05. The number of halogens is 3. The number of amides is 1. The van der Waals surface area contributed by atoms with E-state index in [1.807, 2.05) is 34.9 Å². The minimum atomic E-state index is -4.43. The lowest BCUT2D eigenvalue weighted by atomic mass is 9.86. The van der Waals surface area contributed by atoms with Gasteiger partial charge in [0.25, 0.3) is 0 Å². The summed E-state index contributed by atoms with van der Waals surface area (Å²) in [5.41, 5.74) is 1.18. The van der Waals surface area contributed by atoms with E-state index in [1.54, 1.807) is 0 Å². The topological polar surface area (TPSA) is 46.9 Å².